The van der Waals surface area contributed by atoms with Crippen LogP contribution in [0.2, 0.25) is 0 Å². The first-order valence-electron chi connectivity index (χ1n) is 5.75. The van der Waals surface area contributed by atoms with Gasteiger partial charge < -0.3 is 4.52 Å². The third kappa shape index (κ3) is 3.96. The SMILES string of the molecule is COP(Cc1ccccc1)Cc1ccccc1. The van der Waals surface area contributed by atoms with Gasteiger partial charge in [-0.2, -0.15) is 0 Å². The van der Waals surface area contributed by atoms with E-state index in [0.29, 0.717) is 0 Å². The molecule has 0 saturated heterocycles. The molecular weight excluding hydrogens is 227 g/mol. The van der Waals surface area contributed by atoms with Gasteiger partial charge in [0.1, 0.15) is 0 Å². The highest BCUT2D eigenvalue weighted by molar-refractivity contribution is 7.50. The van der Waals surface area contributed by atoms with E-state index in [4.69, 9.17) is 4.52 Å². The van der Waals surface area contributed by atoms with Gasteiger partial charge in [0, 0.05) is 27.6 Å². The van der Waals surface area contributed by atoms with Crippen LogP contribution in [-0.2, 0) is 16.8 Å². The molecule has 2 rings (SSSR count). The molecule has 0 saturated carbocycles. The van der Waals surface area contributed by atoms with E-state index >= 15 is 0 Å². The van der Waals surface area contributed by atoms with Gasteiger partial charge in [0.05, 0.1) is 0 Å². The van der Waals surface area contributed by atoms with Gasteiger partial charge >= 0.3 is 0 Å². The lowest BCUT2D eigenvalue weighted by molar-refractivity contribution is 0.459. The second-order valence-corrected chi connectivity index (χ2v) is 5.91. The van der Waals surface area contributed by atoms with E-state index in [1.54, 1.807) is 0 Å². The molecule has 2 aromatic carbocycles. The molecule has 17 heavy (non-hydrogen) atoms. The Labute approximate surface area is 104 Å². The predicted molar refractivity (Wildman–Crippen MR) is 74.2 cm³/mol. The normalized spacial score (nSPS) is 10.7. The van der Waals surface area contributed by atoms with E-state index in [9.17, 15) is 0 Å². The molecule has 2 heteroatoms. The van der Waals surface area contributed by atoms with Crippen LogP contribution in [0.1, 0.15) is 11.1 Å². The van der Waals surface area contributed by atoms with E-state index in [-0.39, 0.29) is 0 Å². The predicted octanol–water partition coefficient (Wildman–Crippen LogP) is 4.43. The Bertz CT molecular complexity index is 386. The fourth-order valence-corrected chi connectivity index (χ4v) is 3.37. The fraction of sp³-hybridized carbons (Fsp3) is 0.200. The molecule has 0 bridgehead atoms. The van der Waals surface area contributed by atoms with E-state index in [1.165, 1.54) is 11.1 Å². The summed E-state index contributed by atoms with van der Waals surface area (Å²) < 4.78 is 5.62. The van der Waals surface area contributed by atoms with Crippen LogP contribution in [0, 0.1) is 0 Å². The first-order valence-corrected chi connectivity index (χ1v) is 7.38. The summed E-state index contributed by atoms with van der Waals surface area (Å²) in [7, 11) is 1.41. The Hall–Kier alpha value is -1.17. The topological polar surface area (TPSA) is 9.23 Å². The fourth-order valence-electron chi connectivity index (χ4n) is 1.76. The summed E-state index contributed by atoms with van der Waals surface area (Å²) in [5, 5.41) is 0. The van der Waals surface area contributed by atoms with Gasteiger partial charge in [-0.3, -0.25) is 0 Å². The van der Waals surface area contributed by atoms with Crippen molar-refractivity contribution in [3.8, 4) is 0 Å². The Morgan fingerprint density at radius 2 is 1.18 bits per heavy atom. The van der Waals surface area contributed by atoms with Crippen LogP contribution in [0.4, 0.5) is 0 Å². The Morgan fingerprint density at radius 1 is 0.765 bits per heavy atom. The quantitative estimate of drug-likeness (QED) is 0.707. The smallest absolute Gasteiger partial charge is 0.0398 e. The first kappa shape index (κ1) is 12.3. The average Bonchev–Trinajstić information content (AvgIpc) is 2.40. The molecule has 0 aliphatic rings. The van der Waals surface area contributed by atoms with Crippen molar-refractivity contribution in [3.63, 3.8) is 0 Å². The third-order valence-corrected chi connectivity index (χ3v) is 4.61. The minimum absolute atomic E-state index is 0.411. The molecule has 0 aliphatic carbocycles. The van der Waals surface area contributed by atoms with Crippen molar-refractivity contribution < 1.29 is 4.52 Å². The van der Waals surface area contributed by atoms with Gasteiger partial charge in [-0.15, -0.1) is 0 Å². The average molecular weight is 244 g/mol. The summed E-state index contributed by atoms with van der Waals surface area (Å²) in [6.07, 6.45) is 2.06. The van der Waals surface area contributed by atoms with Crippen LogP contribution < -0.4 is 0 Å². The molecule has 0 heterocycles. The van der Waals surface area contributed by atoms with E-state index < -0.39 is 8.15 Å². The molecule has 0 spiro atoms. The van der Waals surface area contributed by atoms with Crippen LogP contribution in [0.3, 0.4) is 0 Å². The lowest BCUT2D eigenvalue weighted by Crippen LogP contribution is -1.90. The standard InChI is InChI=1S/C15H17OP/c1-16-17(12-14-8-4-2-5-9-14)13-15-10-6-3-7-11-15/h2-11H,12-13H2,1H3. The second kappa shape index (κ2) is 6.54. The van der Waals surface area contributed by atoms with Gasteiger partial charge in [0.15, 0.2) is 0 Å². The summed E-state index contributed by atoms with van der Waals surface area (Å²) in [5.74, 6) is 0. The molecule has 0 unspecified atom stereocenters. The zero-order valence-corrected chi connectivity index (χ0v) is 10.9. The first-order chi connectivity index (χ1) is 8.38. The Morgan fingerprint density at radius 3 is 1.53 bits per heavy atom. The van der Waals surface area contributed by atoms with E-state index in [0.717, 1.165) is 12.3 Å². The zero-order chi connectivity index (χ0) is 11.9. The molecule has 0 N–H and O–H groups in total. The number of rotatable bonds is 5. The van der Waals surface area contributed by atoms with Crippen LogP contribution in [0.25, 0.3) is 0 Å². The van der Waals surface area contributed by atoms with Crippen LogP contribution >= 0.6 is 8.15 Å². The molecule has 0 aromatic heterocycles. The highest BCUT2D eigenvalue weighted by atomic mass is 31.1. The summed E-state index contributed by atoms with van der Waals surface area (Å²) in [6.45, 7) is 0. The summed E-state index contributed by atoms with van der Waals surface area (Å²) in [5.41, 5.74) is 2.72. The molecular formula is C15H17OP. The summed E-state index contributed by atoms with van der Waals surface area (Å²) in [6, 6.07) is 21.1. The van der Waals surface area contributed by atoms with Gasteiger partial charge in [0.2, 0.25) is 0 Å². The zero-order valence-electron chi connectivity index (χ0n) is 10.0. The molecule has 0 fully saturated rings. The van der Waals surface area contributed by atoms with Gasteiger partial charge in [0.25, 0.3) is 0 Å². The number of benzene rings is 2. The van der Waals surface area contributed by atoms with Crippen LogP contribution in [0.15, 0.2) is 60.7 Å². The highest BCUT2D eigenvalue weighted by Crippen LogP contribution is 2.43. The molecule has 0 aliphatic heterocycles. The van der Waals surface area contributed by atoms with Crippen molar-refractivity contribution in [3.05, 3.63) is 71.8 Å². The van der Waals surface area contributed by atoms with Gasteiger partial charge in [-0.25, -0.2) is 0 Å². The summed E-state index contributed by atoms with van der Waals surface area (Å²) >= 11 is 0. The maximum Gasteiger partial charge on any atom is 0.0398 e. The lowest BCUT2D eigenvalue weighted by Gasteiger charge is -2.15. The third-order valence-electron chi connectivity index (χ3n) is 2.66. The van der Waals surface area contributed by atoms with Crippen molar-refractivity contribution in [1.82, 2.24) is 0 Å². The maximum atomic E-state index is 5.62. The van der Waals surface area contributed by atoms with E-state index in [2.05, 4.69) is 60.7 Å². The lowest BCUT2D eigenvalue weighted by atomic mass is 10.2. The minimum Gasteiger partial charge on any atom is -0.362 e. The van der Waals surface area contributed by atoms with E-state index in [1.807, 2.05) is 7.11 Å². The highest BCUT2D eigenvalue weighted by Gasteiger charge is 2.09. The molecule has 0 radical (unpaired) electrons. The molecule has 1 nitrogen and oxygen atoms in total. The Kier molecular flexibility index (Phi) is 4.73. The van der Waals surface area contributed by atoms with Gasteiger partial charge in [-0.05, 0) is 11.1 Å². The van der Waals surface area contributed by atoms with Crippen molar-refractivity contribution in [2.75, 3.05) is 7.11 Å². The van der Waals surface area contributed by atoms with Crippen molar-refractivity contribution in [2.45, 2.75) is 12.3 Å². The number of hydrogen-bond donors (Lipinski definition) is 0. The largest absolute Gasteiger partial charge is 0.362 e. The summed E-state index contributed by atoms with van der Waals surface area (Å²) in [4.78, 5) is 0. The number of hydrogen-bond acceptors (Lipinski definition) is 1. The van der Waals surface area contributed by atoms with Crippen molar-refractivity contribution >= 4 is 8.15 Å². The molecule has 0 amide bonds. The van der Waals surface area contributed by atoms with Crippen molar-refractivity contribution in [2.24, 2.45) is 0 Å². The van der Waals surface area contributed by atoms with Crippen LogP contribution in [0.5, 0.6) is 0 Å². The molecule has 88 valence electrons. The van der Waals surface area contributed by atoms with Crippen LogP contribution in [-0.4, -0.2) is 7.11 Å². The molecule has 0 atom stereocenters. The molecule has 2 aromatic rings. The van der Waals surface area contributed by atoms with Gasteiger partial charge in [-0.1, -0.05) is 60.7 Å². The monoisotopic (exact) mass is 244 g/mol. The minimum atomic E-state index is -0.411. The maximum absolute atomic E-state index is 5.62. The Balaban J connectivity index is 1.98. The second-order valence-electron chi connectivity index (χ2n) is 3.95. The van der Waals surface area contributed by atoms with Crippen molar-refractivity contribution in [1.29, 1.82) is 0 Å².